The number of rotatable bonds is 2. The summed E-state index contributed by atoms with van der Waals surface area (Å²) in [7, 11) is 1.64. The van der Waals surface area contributed by atoms with Gasteiger partial charge in [0.1, 0.15) is 18.1 Å². The van der Waals surface area contributed by atoms with E-state index in [1.807, 2.05) is 48.5 Å². The largest absolute Gasteiger partial charge is 0.497 e. The van der Waals surface area contributed by atoms with Crippen molar-refractivity contribution in [2.75, 3.05) is 13.7 Å². The lowest BCUT2D eigenvalue weighted by atomic mass is 9.95. The molecule has 0 atom stereocenters. The Balaban J connectivity index is 2.19. The van der Waals surface area contributed by atoms with Crippen molar-refractivity contribution in [3.63, 3.8) is 0 Å². The van der Waals surface area contributed by atoms with Crippen molar-refractivity contribution in [1.29, 1.82) is 0 Å². The first-order valence-electron chi connectivity index (χ1n) is 6.36. The second kappa shape index (κ2) is 4.57. The highest BCUT2D eigenvalue weighted by atomic mass is 16.5. The van der Waals surface area contributed by atoms with Crippen LogP contribution in [0.25, 0.3) is 5.57 Å². The SMILES string of the molecule is [2H]C1=C(c2ccccc2)c2cc(OC)ccc2OC1. The Bertz CT molecular complexity index is 632. The van der Waals surface area contributed by atoms with Gasteiger partial charge in [0.25, 0.3) is 0 Å². The number of fused-ring (bicyclic) bond motifs is 1. The molecule has 1 aliphatic rings. The number of ether oxygens (including phenoxy) is 2. The zero-order chi connectivity index (χ0) is 13.2. The lowest BCUT2D eigenvalue weighted by Gasteiger charge is -2.19. The fourth-order valence-corrected chi connectivity index (χ4v) is 2.10. The molecule has 0 aromatic heterocycles. The van der Waals surface area contributed by atoms with Gasteiger partial charge in [0.15, 0.2) is 0 Å². The predicted molar refractivity (Wildman–Crippen MR) is 72.0 cm³/mol. The molecule has 0 unspecified atom stereocenters. The van der Waals surface area contributed by atoms with Gasteiger partial charge in [0, 0.05) is 5.56 Å². The Labute approximate surface area is 108 Å². The topological polar surface area (TPSA) is 18.5 Å². The van der Waals surface area contributed by atoms with Gasteiger partial charge in [0.05, 0.1) is 8.48 Å². The Hall–Kier alpha value is -2.22. The molecule has 2 nitrogen and oxygen atoms in total. The van der Waals surface area contributed by atoms with E-state index in [4.69, 9.17) is 10.8 Å². The van der Waals surface area contributed by atoms with Crippen molar-refractivity contribution in [3.8, 4) is 11.5 Å². The average molecular weight is 239 g/mol. The van der Waals surface area contributed by atoms with E-state index in [0.29, 0.717) is 12.7 Å². The fraction of sp³-hybridized carbons (Fsp3) is 0.125. The minimum atomic E-state index is 0.309. The first-order valence-corrected chi connectivity index (χ1v) is 5.86. The molecule has 0 amide bonds. The van der Waals surface area contributed by atoms with E-state index in [9.17, 15) is 0 Å². The summed E-state index contributed by atoms with van der Waals surface area (Å²) in [6.07, 6.45) is 0. The molecule has 0 bridgehead atoms. The molecule has 1 aliphatic heterocycles. The van der Waals surface area contributed by atoms with Crippen molar-refractivity contribution >= 4 is 5.57 Å². The van der Waals surface area contributed by atoms with E-state index in [0.717, 1.165) is 28.2 Å². The maximum Gasteiger partial charge on any atom is 0.127 e. The quantitative estimate of drug-likeness (QED) is 0.798. The van der Waals surface area contributed by atoms with Crippen LogP contribution in [0.5, 0.6) is 11.5 Å². The third-order valence-electron chi connectivity index (χ3n) is 3.00. The van der Waals surface area contributed by atoms with Crippen LogP contribution in [0.4, 0.5) is 0 Å². The molecule has 0 saturated carbocycles. The Morgan fingerprint density at radius 3 is 2.78 bits per heavy atom. The molecule has 0 radical (unpaired) electrons. The van der Waals surface area contributed by atoms with Gasteiger partial charge < -0.3 is 9.47 Å². The van der Waals surface area contributed by atoms with Gasteiger partial charge in [-0.15, -0.1) is 0 Å². The Morgan fingerprint density at radius 2 is 2.00 bits per heavy atom. The van der Waals surface area contributed by atoms with Crippen molar-refractivity contribution in [3.05, 3.63) is 65.7 Å². The van der Waals surface area contributed by atoms with Crippen LogP contribution in [0, 0.1) is 0 Å². The Kier molecular flexibility index (Phi) is 2.48. The van der Waals surface area contributed by atoms with Crippen LogP contribution in [-0.4, -0.2) is 13.7 Å². The molecule has 90 valence electrons. The van der Waals surface area contributed by atoms with Gasteiger partial charge in [-0.05, 0) is 35.4 Å². The minimum Gasteiger partial charge on any atom is -0.497 e. The summed E-state index contributed by atoms with van der Waals surface area (Å²) in [5, 5.41) is 0. The highest BCUT2D eigenvalue weighted by Gasteiger charge is 2.15. The van der Waals surface area contributed by atoms with Gasteiger partial charge in [-0.2, -0.15) is 0 Å². The molecular formula is C16H14O2. The summed E-state index contributed by atoms with van der Waals surface area (Å²) >= 11 is 0. The van der Waals surface area contributed by atoms with Crippen LogP contribution in [-0.2, 0) is 0 Å². The second-order valence-electron chi connectivity index (χ2n) is 4.07. The van der Waals surface area contributed by atoms with Crippen LogP contribution in [0.1, 0.15) is 12.5 Å². The first kappa shape index (κ1) is 9.77. The number of benzene rings is 2. The van der Waals surface area contributed by atoms with E-state index < -0.39 is 0 Å². The third kappa shape index (κ3) is 1.86. The number of methoxy groups -OCH3 is 1. The summed E-state index contributed by atoms with van der Waals surface area (Å²) in [5.41, 5.74) is 2.87. The molecular weight excluding hydrogens is 224 g/mol. The summed E-state index contributed by atoms with van der Waals surface area (Å²) in [6.45, 7) is 0.309. The van der Waals surface area contributed by atoms with Crippen molar-refractivity contribution < 1.29 is 10.8 Å². The van der Waals surface area contributed by atoms with Crippen molar-refractivity contribution in [1.82, 2.24) is 0 Å². The van der Waals surface area contributed by atoms with Gasteiger partial charge in [-0.1, -0.05) is 30.3 Å². The second-order valence-corrected chi connectivity index (χ2v) is 4.07. The van der Waals surface area contributed by atoms with Crippen molar-refractivity contribution in [2.45, 2.75) is 0 Å². The lowest BCUT2D eigenvalue weighted by molar-refractivity contribution is 0.355. The van der Waals surface area contributed by atoms with E-state index in [1.54, 1.807) is 7.11 Å². The molecule has 0 saturated heterocycles. The van der Waals surface area contributed by atoms with Gasteiger partial charge in [-0.3, -0.25) is 0 Å². The summed E-state index contributed by atoms with van der Waals surface area (Å²) in [5.74, 6) is 1.57. The fourth-order valence-electron chi connectivity index (χ4n) is 2.10. The molecule has 2 aromatic rings. The molecule has 0 spiro atoms. The van der Waals surface area contributed by atoms with Crippen LogP contribution < -0.4 is 9.47 Å². The first-order chi connectivity index (χ1) is 9.29. The molecule has 0 aliphatic carbocycles. The molecule has 18 heavy (non-hydrogen) atoms. The average Bonchev–Trinajstić information content (AvgIpc) is 2.47. The van der Waals surface area contributed by atoms with Gasteiger partial charge in [-0.25, -0.2) is 0 Å². The van der Waals surface area contributed by atoms with Crippen molar-refractivity contribution in [2.24, 2.45) is 0 Å². The molecule has 1 heterocycles. The maximum atomic E-state index is 8.14. The summed E-state index contributed by atoms with van der Waals surface area (Å²) in [6, 6.07) is 16.1. The van der Waals surface area contributed by atoms with E-state index in [1.165, 1.54) is 0 Å². The maximum absolute atomic E-state index is 8.14. The molecule has 3 rings (SSSR count). The minimum absolute atomic E-state index is 0.309. The summed E-state index contributed by atoms with van der Waals surface area (Å²) in [4.78, 5) is 0. The zero-order valence-electron chi connectivity index (χ0n) is 11.1. The van der Waals surface area contributed by atoms with Crippen LogP contribution in [0.15, 0.2) is 54.6 Å². The zero-order valence-corrected chi connectivity index (χ0v) is 10.1. The van der Waals surface area contributed by atoms with Gasteiger partial charge >= 0.3 is 0 Å². The summed E-state index contributed by atoms with van der Waals surface area (Å²) < 4.78 is 19.0. The Morgan fingerprint density at radius 1 is 1.17 bits per heavy atom. The number of hydrogen-bond acceptors (Lipinski definition) is 2. The van der Waals surface area contributed by atoms with E-state index >= 15 is 0 Å². The third-order valence-corrected chi connectivity index (χ3v) is 3.00. The van der Waals surface area contributed by atoms with Gasteiger partial charge in [0.2, 0.25) is 0 Å². The van der Waals surface area contributed by atoms with Crippen LogP contribution >= 0.6 is 0 Å². The van der Waals surface area contributed by atoms with E-state index in [-0.39, 0.29) is 0 Å². The van der Waals surface area contributed by atoms with E-state index in [2.05, 4.69) is 0 Å². The molecule has 2 heteroatoms. The highest BCUT2D eigenvalue weighted by Crippen LogP contribution is 2.36. The normalized spacial score (nSPS) is 14.6. The molecule has 0 fully saturated rings. The smallest absolute Gasteiger partial charge is 0.127 e. The molecule has 2 aromatic carbocycles. The number of hydrogen-bond donors (Lipinski definition) is 0. The standard InChI is InChI=1S/C16H14O2/c1-17-13-7-8-16-15(11-13)14(9-10-18-16)12-5-3-2-4-6-12/h2-9,11H,10H2,1H3/i9D. The lowest BCUT2D eigenvalue weighted by Crippen LogP contribution is -2.05. The highest BCUT2D eigenvalue weighted by molar-refractivity contribution is 5.84. The molecule has 0 N–H and O–H groups in total. The van der Waals surface area contributed by atoms with Crippen LogP contribution in [0.3, 0.4) is 0 Å². The van der Waals surface area contributed by atoms with Crippen LogP contribution in [0.2, 0.25) is 0 Å². The monoisotopic (exact) mass is 239 g/mol. The predicted octanol–water partition coefficient (Wildman–Crippen LogP) is 3.52.